The van der Waals surface area contributed by atoms with Crippen molar-refractivity contribution in [2.45, 2.75) is 37.7 Å². The molecule has 0 aromatic carbocycles. The number of aromatic nitrogens is 2. The molecule has 1 aliphatic rings. The van der Waals surface area contributed by atoms with Gasteiger partial charge in [-0.3, -0.25) is 0 Å². The first kappa shape index (κ1) is 20.8. The van der Waals surface area contributed by atoms with E-state index in [4.69, 9.17) is 16.3 Å². The molecule has 0 unspecified atom stereocenters. The van der Waals surface area contributed by atoms with E-state index in [1.54, 1.807) is 0 Å². The fraction of sp³-hybridized carbons (Fsp3) is 0.733. The zero-order valence-corrected chi connectivity index (χ0v) is 17.5. The van der Waals surface area contributed by atoms with E-state index in [1.165, 1.54) is 11.8 Å². The average molecular weight is 426 g/mol. The summed E-state index contributed by atoms with van der Waals surface area (Å²) in [6.45, 7) is 7.97. The van der Waals surface area contributed by atoms with Gasteiger partial charge in [0.15, 0.2) is 5.15 Å². The van der Waals surface area contributed by atoms with Gasteiger partial charge in [0, 0.05) is 26.2 Å². The SMILES string of the molecule is Br.CCN(CC)c1nc(Cl)c(SC)c(OC2CCN(C)CC2)n1. The first-order valence-corrected chi connectivity index (χ1v) is 9.40. The molecule has 2 heterocycles. The number of rotatable bonds is 6. The molecule has 1 aromatic rings. The number of halogens is 2. The Morgan fingerprint density at radius 3 is 2.39 bits per heavy atom. The molecule has 0 N–H and O–H groups in total. The van der Waals surface area contributed by atoms with E-state index >= 15 is 0 Å². The minimum atomic E-state index is 0. The molecule has 1 fully saturated rings. The highest BCUT2D eigenvalue weighted by molar-refractivity contribution is 8.93. The van der Waals surface area contributed by atoms with Gasteiger partial charge in [-0.25, -0.2) is 0 Å². The lowest BCUT2D eigenvalue weighted by atomic mass is 10.1. The summed E-state index contributed by atoms with van der Waals surface area (Å²) in [6.07, 6.45) is 4.22. The Kier molecular flexibility index (Phi) is 8.97. The number of ether oxygens (including phenoxy) is 1. The third-order valence-corrected chi connectivity index (χ3v) is 5.14. The Morgan fingerprint density at radius 2 is 1.87 bits per heavy atom. The Bertz CT molecular complexity index is 497. The van der Waals surface area contributed by atoms with E-state index in [9.17, 15) is 0 Å². The molecule has 2 rings (SSSR count). The number of hydrogen-bond donors (Lipinski definition) is 0. The van der Waals surface area contributed by atoms with Crippen LogP contribution in [0.25, 0.3) is 0 Å². The van der Waals surface area contributed by atoms with Gasteiger partial charge in [-0.2, -0.15) is 9.97 Å². The van der Waals surface area contributed by atoms with Crippen molar-refractivity contribution >= 4 is 46.3 Å². The second kappa shape index (κ2) is 9.91. The largest absolute Gasteiger partial charge is 0.473 e. The second-order valence-corrected chi connectivity index (χ2v) is 6.62. The third kappa shape index (κ3) is 5.37. The lowest BCUT2D eigenvalue weighted by molar-refractivity contribution is 0.107. The summed E-state index contributed by atoms with van der Waals surface area (Å²) in [5.74, 6) is 1.28. The zero-order valence-electron chi connectivity index (χ0n) is 14.2. The quantitative estimate of drug-likeness (QED) is 0.511. The molecule has 0 saturated carbocycles. The first-order chi connectivity index (χ1) is 10.6. The molecule has 0 spiro atoms. The minimum absolute atomic E-state index is 0. The predicted octanol–water partition coefficient (Wildman–Crippen LogP) is 3.75. The van der Waals surface area contributed by atoms with Crippen LogP contribution in [-0.2, 0) is 0 Å². The maximum atomic E-state index is 6.35. The van der Waals surface area contributed by atoms with Crippen LogP contribution in [0.3, 0.4) is 0 Å². The number of thioether (sulfide) groups is 1. The smallest absolute Gasteiger partial charge is 0.234 e. The van der Waals surface area contributed by atoms with Gasteiger partial charge in [0.2, 0.25) is 11.8 Å². The molecule has 8 heteroatoms. The topological polar surface area (TPSA) is 41.5 Å². The van der Waals surface area contributed by atoms with Crippen LogP contribution in [0.5, 0.6) is 5.88 Å². The number of hydrogen-bond acceptors (Lipinski definition) is 6. The van der Waals surface area contributed by atoms with Gasteiger partial charge in [-0.05, 0) is 40.0 Å². The molecule has 0 amide bonds. The van der Waals surface area contributed by atoms with Crippen molar-refractivity contribution in [1.82, 2.24) is 14.9 Å². The molecule has 132 valence electrons. The van der Waals surface area contributed by atoms with Crippen LogP contribution in [0.15, 0.2) is 4.90 Å². The summed E-state index contributed by atoms with van der Waals surface area (Å²) < 4.78 is 6.18. The molecule has 1 saturated heterocycles. The molecular weight excluding hydrogens is 400 g/mol. The van der Waals surface area contributed by atoms with Crippen LogP contribution in [0.1, 0.15) is 26.7 Å². The average Bonchev–Trinajstić information content (AvgIpc) is 2.51. The predicted molar refractivity (Wildman–Crippen MR) is 104 cm³/mol. The lowest BCUT2D eigenvalue weighted by Gasteiger charge is -2.29. The fourth-order valence-corrected chi connectivity index (χ4v) is 3.42. The van der Waals surface area contributed by atoms with Gasteiger partial charge in [0.05, 0.1) is 0 Å². The Hall–Kier alpha value is -0.240. The van der Waals surface area contributed by atoms with Crippen LogP contribution >= 0.6 is 40.3 Å². The monoisotopic (exact) mass is 424 g/mol. The van der Waals surface area contributed by atoms with Crippen molar-refractivity contribution in [3.8, 4) is 5.88 Å². The summed E-state index contributed by atoms with van der Waals surface area (Å²) in [7, 11) is 2.14. The van der Waals surface area contributed by atoms with Gasteiger partial charge in [0.1, 0.15) is 11.0 Å². The number of anilines is 1. The molecule has 0 radical (unpaired) electrons. The van der Waals surface area contributed by atoms with Gasteiger partial charge in [-0.15, -0.1) is 28.7 Å². The Balaban J connectivity index is 0.00000264. The van der Waals surface area contributed by atoms with Crippen LogP contribution in [-0.4, -0.2) is 60.5 Å². The highest BCUT2D eigenvalue weighted by Crippen LogP contribution is 2.35. The molecule has 0 bridgehead atoms. The number of likely N-dealkylation sites (tertiary alicyclic amines) is 1. The van der Waals surface area contributed by atoms with Crippen molar-refractivity contribution < 1.29 is 4.74 Å². The molecule has 1 aromatic heterocycles. The zero-order chi connectivity index (χ0) is 16.1. The van der Waals surface area contributed by atoms with E-state index in [1.807, 2.05) is 6.26 Å². The third-order valence-electron chi connectivity index (χ3n) is 3.98. The standard InChI is InChI=1S/C15H25ClN4OS.BrH/c1-5-20(6-2)15-17-13(16)12(22-4)14(18-15)21-11-7-9-19(3)10-8-11;/h11H,5-10H2,1-4H3;1H. The highest BCUT2D eigenvalue weighted by atomic mass is 79.9. The second-order valence-electron chi connectivity index (χ2n) is 5.45. The van der Waals surface area contributed by atoms with E-state index in [0.717, 1.165) is 43.9 Å². The summed E-state index contributed by atoms with van der Waals surface area (Å²) in [5.41, 5.74) is 0. The highest BCUT2D eigenvalue weighted by Gasteiger charge is 2.22. The number of piperidine rings is 1. The van der Waals surface area contributed by atoms with Gasteiger partial charge < -0.3 is 14.5 Å². The van der Waals surface area contributed by atoms with Crippen LogP contribution < -0.4 is 9.64 Å². The summed E-state index contributed by atoms with van der Waals surface area (Å²) in [5, 5.41) is 0.479. The van der Waals surface area contributed by atoms with Crippen molar-refractivity contribution in [1.29, 1.82) is 0 Å². The van der Waals surface area contributed by atoms with E-state index in [0.29, 0.717) is 17.0 Å². The van der Waals surface area contributed by atoms with Crippen molar-refractivity contribution in [3.63, 3.8) is 0 Å². The maximum Gasteiger partial charge on any atom is 0.234 e. The van der Waals surface area contributed by atoms with Gasteiger partial charge in [-0.1, -0.05) is 11.6 Å². The van der Waals surface area contributed by atoms with Crippen LogP contribution in [0.2, 0.25) is 5.15 Å². The van der Waals surface area contributed by atoms with Crippen LogP contribution in [0.4, 0.5) is 5.95 Å². The first-order valence-electron chi connectivity index (χ1n) is 7.80. The summed E-state index contributed by atoms with van der Waals surface area (Å²) in [6, 6.07) is 0. The van der Waals surface area contributed by atoms with Gasteiger partial charge in [0.25, 0.3) is 0 Å². The minimum Gasteiger partial charge on any atom is -0.473 e. The van der Waals surface area contributed by atoms with Crippen LogP contribution in [0, 0.1) is 0 Å². The molecule has 0 atom stereocenters. The van der Waals surface area contributed by atoms with Crippen molar-refractivity contribution in [2.24, 2.45) is 0 Å². The Morgan fingerprint density at radius 1 is 1.26 bits per heavy atom. The summed E-state index contributed by atoms with van der Waals surface area (Å²) >= 11 is 7.88. The normalized spacial score (nSPS) is 16.0. The van der Waals surface area contributed by atoms with E-state index < -0.39 is 0 Å². The fourth-order valence-electron chi connectivity index (χ4n) is 2.55. The molecular formula is C15H26BrClN4OS. The maximum absolute atomic E-state index is 6.35. The number of nitrogens with zero attached hydrogens (tertiary/aromatic N) is 4. The molecule has 0 aliphatic carbocycles. The molecule has 5 nitrogen and oxygen atoms in total. The van der Waals surface area contributed by atoms with E-state index in [2.05, 4.69) is 40.7 Å². The Labute approximate surface area is 158 Å². The molecule has 1 aliphatic heterocycles. The molecule has 23 heavy (non-hydrogen) atoms. The van der Waals surface area contributed by atoms with Crippen molar-refractivity contribution in [3.05, 3.63) is 5.15 Å². The van der Waals surface area contributed by atoms with E-state index in [-0.39, 0.29) is 23.1 Å². The summed E-state index contributed by atoms with van der Waals surface area (Å²) in [4.78, 5) is 14.3. The lowest BCUT2D eigenvalue weighted by Crippen LogP contribution is -2.36. The van der Waals surface area contributed by atoms with Crippen molar-refractivity contribution in [2.75, 3.05) is 44.4 Å². The van der Waals surface area contributed by atoms with Gasteiger partial charge >= 0.3 is 0 Å².